The van der Waals surface area contributed by atoms with Crippen LogP contribution < -0.4 is 15.4 Å². The van der Waals surface area contributed by atoms with E-state index < -0.39 is 4.92 Å². The summed E-state index contributed by atoms with van der Waals surface area (Å²) < 4.78 is 10.3. The van der Waals surface area contributed by atoms with Crippen LogP contribution in [0.4, 0.5) is 17.1 Å². The van der Waals surface area contributed by atoms with Crippen LogP contribution in [-0.4, -0.2) is 37.2 Å². The fourth-order valence-corrected chi connectivity index (χ4v) is 2.07. The number of anilines is 2. The summed E-state index contributed by atoms with van der Waals surface area (Å²) in [5, 5.41) is 16.9. The number of hydrogen-bond acceptors (Lipinski definition) is 6. The number of carbonyl (C=O) groups is 1. The number of carbonyl (C=O) groups excluding carboxylic acids is 1. The largest absolute Gasteiger partial charge is 0.481 e. The number of methoxy groups -OCH3 is 1. The number of ether oxygens (including phenoxy) is 2. The van der Waals surface area contributed by atoms with E-state index in [2.05, 4.69) is 10.6 Å². The van der Waals surface area contributed by atoms with Gasteiger partial charge in [0.25, 0.3) is 11.6 Å². The summed E-state index contributed by atoms with van der Waals surface area (Å²) in [4.78, 5) is 22.0. The lowest BCUT2D eigenvalue weighted by Crippen LogP contribution is -2.27. The van der Waals surface area contributed by atoms with Crippen molar-refractivity contribution >= 4 is 23.0 Å². The summed E-state index contributed by atoms with van der Waals surface area (Å²) >= 11 is 0. The van der Waals surface area contributed by atoms with E-state index in [1.807, 2.05) is 6.92 Å². The smallest absolute Gasteiger partial charge is 0.296 e. The van der Waals surface area contributed by atoms with Gasteiger partial charge in [-0.2, -0.15) is 0 Å². The summed E-state index contributed by atoms with van der Waals surface area (Å²) in [6, 6.07) is 2.77. The van der Waals surface area contributed by atoms with Crippen LogP contribution >= 0.6 is 0 Å². The Morgan fingerprint density at radius 1 is 1.57 bits per heavy atom. The Hall–Kier alpha value is -2.35. The van der Waals surface area contributed by atoms with Crippen LogP contribution in [0.1, 0.15) is 13.3 Å². The van der Waals surface area contributed by atoms with E-state index in [9.17, 15) is 14.9 Å². The van der Waals surface area contributed by atoms with Crippen LogP contribution in [0, 0.1) is 10.1 Å². The molecule has 1 aromatic carbocycles. The molecule has 0 aliphatic carbocycles. The first-order chi connectivity index (χ1) is 10.0. The molecular formula is C13H17N3O5. The van der Waals surface area contributed by atoms with Crippen molar-refractivity contribution in [2.75, 3.05) is 31.0 Å². The monoisotopic (exact) mass is 295 g/mol. The van der Waals surface area contributed by atoms with E-state index in [4.69, 9.17) is 9.47 Å². The first kappa shape index (κ1) is 15.0. The van der Waals surface area contributed by atoms with Crippen LogP contribution in [0.25, 0.3) is 0 Å². The highest BCUT2D eigenvalue weighted by Gasteiger charge is 2.24. The predicted molar refractivity (Wildman–Crippen MR) is 76.8 cm³/mol. The summed E-state index contributed by atoms with van der Waals surface area (Å²) in [5.74, 6) is 0.0119. The highest BCUT2D eigenvalue weighted by Crippen LogP contribution is 2.38. The molecule has 0 aromatic heterocycles. The third-order valence-electron chi connectivity index (χ3n) is 3.15. The van der Waals surface area contributed by atoms with Gasteiger partial charge in [-0.1, -0.05) is 6.92 Å². The molecule has 114 valence electrons. The molecule has 0 radical (unpaired) electrons. The second kappa shape index (κ2) is 6.40. The molecule has 0 saturated heterocycles. The number of benzene rings is 1. The van der Waals surface area contributed by atoms with Crippen molar-refractivity contribution in [3.63, 3.8) is 0 Å². The van der Waals surface area contributed by atoms with Crippen molar-refractivity contribution in [2.24, 2.45) is 0 Å². The van der Waals surface area contributed by atoms with Crippen LogP contribution in [0.3, 0.4) is 0 Å². The number of fused-ring (bicyclic) bond motifs is 1. The second-order valence-electron chi connectivity index (χ2n) is 4.66. The van der Waals surface area contributed by atoms with Crippen molar-refractivity contribution < 1.29 is 19.2 Å². The number of amides is 1. The summed E-state index contributed by atoms with van der Waals surface area (Å²) in [5.41, 5.74) is 0.652. The van der Waals surface area contributed by atoms with Gasteiger partial charge in [-0.15, -0.1) is 0 Å². The van der Waals surface area contributed by atoms with Crippen molar-refractivity contribution in [3.05, 3.63) is 22.2 Å². The zero-order valence-corrected chi connectivity index (χ0v) is 11.8. The number of rotatable bonds is 6. The summed E-state index contributed by atoms with van der Waals surface area (Å²) in [6.45, 7) is 2.23. The van der Waals surface area contributed by atoms with Crippen molar-refractivity contribution in [3.8, 4) is 5.75 Å². The molecule has 1 aliphatic heterocycles. The molecule has 1 aromatic rings. The Labute approximate surface area is 121 Å². The molecule has 1 atom stereocenters. The normalized spacial score (nSPS) is 14.7. The number of nitro groups is 1. The molecule has 1 heterocycles. The molecule has 1 unspecified atom stereocenters. The molecule has 0 saturated carbocycles. The molecule has 1 amide bonds. The Kier molecular flexibility index (Phi) is 4.59. The van der Waals surface area contributed by atoms with E-state index >= 15 is 0 Å². The molecular weight excluding hydrogens is 278 g/mol. The van der Waals surface area contributed by atoms with Crippen molar-refractivity contribution in [2.45, 2.75) is 19.4 Å². The van der Waals surface area contributed by atoms with Gasteiger partial charge in [0.2, 0.25) is 0 Å². The van der Waals surface area contributed by atoms with Gasteiger partial charge in [-0.3, -0.25) is 14.9 Å². The zero-order chi connectivity index (χ0) is 15.4. The molecule has 8 nitrogen and oxygen atoms in total. The summed E-state index contributed by atoms with van der Waals surface area (Å²) in [7, 11) is 1.57. The Morgan fingerprint density at radius 3 is 2.95 bits per heavy atom. The van der Waals surface area contributed by atoms with E-state index in [0.717, 1.165) is 6.42 Å². The maximum Gasteiger partial charge on any atom is 0.296 e. The first-order valence-electron chi connectivity index (χ1n) is 6.55. The fraction of sp³-hybridized carbons (Fsp3) is 0.462. The molecule has 21 heavy (non-hydrogen) atoms. The molecule has 2 rings (SSSR count). The average molecular weight is 295 g/mol. The van der Waals surface area contributed by atoms with Crippen LogP contribution in [0.15, 0.2) is 12.1 Å². The zero-order valence-electron chi connectivity index (χ0n) is 11.8. The van der Waals surface area contributed by atoms with Crippen molar-refractivity contribution in [1.29, 1.82) is 0 Å². The molecule has 8 heteroatoms. The van der Waals surface area contributed by atoms with E-state index in [1.165, 1.54) is 12.1 Å². The Bertz CT molecular complexity index is 561. The Balaban J connectivity index is 2.35. The predicted octanol–water partition coefficient (Wildman–Crippen LogP) is 1.76. The minimum atomic E-state index is -0.484. The molecule has 2 N–H and O–H groups in total. The lowest BCUT2D eigenvalue weighted by atomic mass is 10.1. The standard InChI is InChI=1S/C13H17N3O5/c1-3-8(6-20-2)14-9-4-10-12(5-11(9)16(18)19)21-7-13(17)15-10/h4-5,8,14H,3,6-7H2,1-2H3,(H,15,17). The fourth-order valence-electron chi connectivity index (χ4n) is 2.07. The van der Waals surface area contributed by atoms with E-state index in [1.54, 1.807) is 7.11 Å². The summed E-state index contributed by atoms with van der Waals surface area (Å²) in [6.07, 6.45) is 0.741. The molecule has 1 aliphatic rings. The van der Waals surface area contributed by atoms with Crippen LogP contribution in [-0.2, 0) is 9.53 Å². The second-order valence-corrected chi connectivity index (χ2v) is 4.66. The maximum atomic E-state index is 11.3. The van der Waals surface area contributed by atoms with E-state index in [-0.39, 0.29) is 24.2 Å². The molecule has 0 fully saturated rings. The number of hydrogen-bond donors (Lipinski definition) is 2. The quantitative estimate of drug-likeness (QED) is 0.612. The molecule has 0 bridgehead atoms. The third kappa shape index (κ3) is 3.40. The van der Waals surface area contributed by atoms with Gasteiger partial charge in [-0.25, -0.2) is 0 Å². The van der Waals surface area contributed by atoms with Gasteiger partial charge < -0.3 is 20.1 Å². The minimum absolute atomic E-state index is 0.0630. The van der Waals surface area contributed by atoms with E-state index in [0.29, 0.717) is 23.7 Å². The van der Waals surface area contributed by atoms with Gasteiger partial charge in [0, 0.05) is 13.2 Å². The maximum absolute atomic E-state index is 11.3. The first-order valence-corrected chi connectivity index (χ1v) is 6.55. The number of nitrogens with zero attached hydrogens (tertiary/aromatic N) is 1. The topological polar surface area (TPSA) is 103 Å². The molecule has 0 spiro atoms. The van der Waals surface area contributed by atoms with Gasteiger partial charge in [0.1, 0.15) is 5.69 Å². The SMILES string of the molecule is CCC(COC)Nc1cc2c(cc1[N+](=O)[O-])OCC(=O)N2. The number of nitro benzene ring substituents is 1. The highest BCUT2D eigenvalue weighted by molar-refractivity contribution is 5.96. The van der Waals surface area contributed by atoms with Crippen molar-refractivity contribution in [1.82, 2.24) is 0 Å². The van der Waals surface area contributed by atoms with Gasteiger partial charge in [0.15, 0.2) is 12.4 Å². The van der Waals surface area contributed by atoms with Gasteiger partial charge >= 0.3 is 0 Å². The minimum Gasteiger partial charge on any atom is -0.481 e. The lowest BCUT2D eigenvalue weighted by molar-refractivity contribution is -0.384. The van der Waals surface area contributed by atoms with Gasteiger partial charge in [0.05, 0.1) is 23.3 Å². The van der Waals surface area contributed by atoms with Crippen LogP contribution in [0.2, 0.25) is 0 Å². The lowest BCUT2D eigenvalue weighted by Gasteiger charge is -2.21. The van der Waals surface area contributed by atoms with Crippen LogP contribution in [0.5, 0.6) is 5.75 Å². The number of nitrogens with one attached hydrogen (secondary N) is 2. The Morgan fingerprint density at radius 2 is 2.33 bits per heavy atom. The average Bonchev–Trinajstić information content (AvgIpc) is 2.45. The highest BCUT2D eigenvalue weighted by atomic mass is 16.6. The third-order valence-corrected chi connectivity index (χ3v) is 3.15. The van der Waals surface area contributed by atoms with Gasteiger partial charge in [-0.05, 0) is 12.5 Å².